The van der Waals surface area contributed by atoms with Crippen molar-refractivity contribution in [2.75, 3.05) is 32.4 Å². The molecule has 12 heteroatoms. The van der Waals surface area contributed by atoms with Gasteiger partial charge in [-0.3, -0.25) is 0 Å². The molecule has 1 aromatic carbocycles. The fourth-order valence-corrected chi connectivity index (χ4v) is 5.10. The van der Waals surface area contributed by atoms with Gasteiger partial charge in [-0.1, -0.05) is 24.3 Å². The maximum Gasteiger partial charge on any atom is 0.414 e. The van der Waals surface area contributed by atoms with E-state index in [-0.39, 0.29) is 18.3 Å². The zero-order chi connectivity index (χ0) is 28.6. The quantitative estimate of drug-likeness (QED) is 0.272. The molecule has 2 aliphatic heterocycles. The number of benzene rings is 1. The second-order valence-electron chi connectivity index (χ2n) is 10.5. The summed E-state index contributed by atoms with van der Waals surface area (Å²) in [6.45, 7) is 9.15. The SMILES string of the molecule is CN1CCC(OC2c3ccccc3CCn3cc(SCCNC(=O)OC(C)(C)C)nc32)CC1.O=C(O)C(=O)O. The van der Waals surface area contributed by atoms with Crippen LogP contribution in [0.4, 0.5) is 4.79 Å². The number of aryl methyl sites for hydroxylation is 2. The molecule has 1 amide bonds. The van der Waals surface area contributed by atoms with Crippen molar-refractivity contribution in [2.24, 2.45) is 0 Å². The maximum atomic E-state index is 11.9. The molecule has 0 radical (unpaired) electrons. The summed E-state index contributed by atoms with van der Waals surface area (Å²) in [5.41, 5.74) is 2.10. The minimum Gasteiger partial charge on any atom is -0.473 e. The van der Waals surface area contributed by atoms with Gasteiger partial charge in [0, 0.05) is 38.1 Å². The number of nitrogens with one attached hydrogen (secondary N) is 1. The summed E-state index contributed by atoms with van der Waals surface area (Å²) in [6.07, 6.45) is 4.92. The molecule has 1 unspecified atom stereocenters. The molecule has 1 fully saturated rings. The number of likely N-dealkylation sites (tertiary alicyclic amines) is 1. The molecule has 2 aromatic rings. The Balaban J connectivity index is 0.000000631. The van der Waals surface area contributed by atoms with E-state index >= 15 is 0 Å². The summed E-state index contributed by atoms with van der Waals surface area (Å²) in [6, 6.07) is 8.61. The number of rotatable bonds is 6. The fraction of sp³-hybridized carbons (Fsp3) is 0.556. The van der Waals surface area contributed by atoms with Gasteiger partial charge in [-0.05, 0) is 58.2 Å². The number of fused-ring (bicyclic) bond motifs is 2. The minimum absolute atomic E-state index is 0.147. The van der Waals surface area contributed by atoms with Gasteiger partial charge in [-0.15, -0.1) is 11.8 Å². The average molecular weight is 563 g/mol. The highest BCUT2D eigenvalue weighted by Gasteiger charge is 2.30. The second kappa shape index (κ2) is 13.8. The van der Waals surface area contributed by atoms with E-state index in [1.165, 1.54) is 11.1 Å². The van der Waals surface area contributed by atoms with E-state index in [1.54, 1.807) is 11.8 Å². The molecule has 0 saturated carbocycles. The van der Waals surface area contributed by atoms with Gasteiger partial charge in [0.25, 0.3) is 0 Å². The first-order valence-corrected chi connectivity index (χ1v) is 14.0. The van der Waals surface area contributed by atoms with Crippen LogP contribution >= 0.6 is 11.8 Å². The first kappa shape index (κ1) is 30.5. The molecule has 3 heterocycles. The van der Waals surface area contributed by atoms with Crippen molar-refractivity contribution in [3.8, 4) is 0 Å². The predicted octanol–water partition coefficient (Wildman–Crippen LogP) is 3.41. The van der Waals surface area contributed by atoms with Crippen molar-refractivity contribution in [1.29, 1.82) is 0 Å². The molecule has 11 nitrogen and oxygen atoms in total. The van der Waals surface area contributed by atoms with E-state index in [9.17, 15) is 4.79 Å². The monoisotopic (exact) mass is 562 g/mol. The van der Waals surface area contributed by atoms with Gasteiger partial charge >= 0.3 is 18.0 Å². The fourth-order valence-electron chi connectivity index (χ4n) is 4.33. The first-order valence-electron chi connectivity index (χ1n) is 13.0. The number of nitrogens with zero attached hydrogens (tertiary/aromatic N) is 3. The molecule has 1 aromatic heterocycles. The van der Waals surface area contributed by atoms with Crippen molar-refractivity contribution >= 4 is 29.8 Å². The van der Waals surface area contributed by atoms with Crippen LogP contribution in [-0.2, 0) is 32.0 Å². The van der Waals surface area contributed by atoms with Crippen LogP contribution in [0.1, 0.15) is 56.7 Å². The number of carboxylic acids is 2. The number of carbonyl (C=O) groups is 3. The Morgan fingerprint density at radius 3 is 2.41 bits per heavy atom. The molecule has 0 aliphatic carbocycles. The summed E-state index contributed by atoms with van der Waals surface area (Å²) in [5.74, 6) is -1.93. The topological polar surface area (TPSA) is 143 Å². The largest absolute Gasteiger partial charge is 0.473 e. The Bertz CT molecular complexity index is 1130. The number of piperidine rings is 1. The van der Waals surface area contributed by atoms with Crippen molar-refractivity contribution in [3.63, 3.8) is 0 Å². The van der Waals surface area contributed by atoms with Crippen LogP contribution < -0.4 is 5.32 Å². The molecule has 214 valence electrons. The third-order valence-electron chi connectivity index (χ3n) is 6.18. The number of ether oxygens (including phenoxy) is 2. The summed E-state index contributed by atoms with van der Waals surface area (Å²) in [5, 5.41) is 18.6. The molecule has 0 spiro atoms. The van der Waals surface area contributed by atoms with Crippen LogP contribution in [0.5, 0.6) is 0 Å². The van der Waals surface area contributed by atoms with Crippen molar-refractivity contribution in [1.82, 2.24) is 19.8 Å². The van der Waals surface area contributed by atoms with Gasteiger partial charge < -0.3 is 34.5 Å². The average Bonchev–Trinajstić information content (AvgIpc) is 3.21. The number of amides is 1. The van der Waals surface area contributed by atoms with E-state index in [2.05, 4.69) is 52.3 Å². The molecule has 3 N–H and O–H groups in total. The van der Waals surface area contributed by atoms with Crippen LogP contribution in [-0.4, -0.2) is 86.8 Å². The highest BCUT2D eigenvalue weighted by Crippen LogP contribution is 2.35. The Kier molecular flexibility index (Phi) is 10.8. The number of thioether (sulfide) groups is 1. The van der Waals surface area contributed by atoms with Gasteiger partial charge in [-0.2, -0.15) is 0 Å². The normalized spacial score (nSPS) is 17.6. The number of hydrogen-bond acceptors (Lipinski definition) is 8. The Morgan fingerprint density at radius 1 is 1.10 bits per heavy atom. The van der Waals surface area contributed by atoms with Gasteiger partial charge in [-0.25, -0.2) is 19.4 Å². The van der Waals surface area contributed by atoms with Crippen LogP contribution in [0, 0.1) is 0 Å². The van der Waals surface area contributed by atoms with Crippen LogP contribution in [0.2, 0.25) is 0 Å². The lowest BCUT2D eigenvalue weighted by Crippen LogP contribution is -2.35. The van der Waals surface area contributed by atoms with Crippen LogP contribution in [0.3, 0.4) is 0 Å². The van der Waals surface area contributed by atoms with Crippen molar-refractivity contribution in [2.45, 2.75) is 69.4 Å². The molecule has 4 rings (SSSR count). The number of carbonyl (C=O) groups excluding carboxylic acids is 1. The number of imidazole rings is 1. The second-order valence-corrected chi connectivity index (χ2v) is 11.6. The number of aliphatic carboxylic acids is 2. The van der Waals surface area contributed by atoms with Gasteiger partial charge in [0.1, 0.15) is 22.6 Å². The summed E-state index contributed by atoms with van der Waals surface area (Å²) in [7, 11) is 2.17. The van der Waals surface area contributed by atoms with Crippen LogP contribution in [0.15, 0.2) is 35.5 Å². The number of alkyl carbamates (subject to hydrolysis) is 1. The molecule has 2 aliphatic rings. The van der Waals surface area contributed by atoms with E-state index in [0.717, 1.165) is 55.5 Å². The smallest absolute Gasteiger partial charge is 0.414 e. The lowest BCUT2D eigenvalue weighted by Gasteiger charge is -2.32. The number of carboxylic acid groups (broad SMARTS) is 2. The molecular formula is C27H38N4O7S. The first-order chi connectivity index (χ1) is 18.4. The van der Waals surface area contributed by atoms with Gasteiger partial charge in [0.15, 0.2) is 0 Å². The summed E-state index contributed by atoms with van der Waals surface area (Å²) in [4.78, 5) is 37.4. The molecular weight excluding hydrogens is 524 g/mol. The van der Waals surface area contributed by atoms with E-state index in [4.69, 9.17) is 34.3 Å². The Morgan fingerprint density at radius 2 is 1.77 bits per heavy atom. The third kappa shape index (κ3) is 9.55. The highest BCUT2D eigenvalue weighted by molar-refractivity contribution is 7.99. The highest BCUT2D eigenvalue weighted by atomic mass is 32.2. The van der Waals surface area contributed by atoms with Gasteiger partial charge in [0.2, 0.25) is 0 Å². The Hall–Kier alpha value is -3.09. The summed E-state index contributed by atoms with van der Waals surface area (Å²) < 4.78 is 14.3. The van der Waals surface area contributed by atoms with Crippen molar-refractivity contribution in [3.05, 3.63) is 47.4 Å². The Labute approximate surface area is 232 Å². The van der Waals surface area contributed by atoms with E-state index < -0.39 is 17.5 Å². The maximum absolute atomic E-state index is 11.9. The minimum atomic E-state index is -1.82. The van der Waals surface area contributed by atoms with E-state index in [1.807, 2.05) is 20.8 Å². The zero-order valence-electron chi connectivity index (χ0n) is 22.9. The number of hydrogen-bond donors (Lipinski definition) is 3. The lowest BCUT2D eigenvalue weighted by molar-refractivity contribution is -0.159. The zero-order valence-corrected chi connectivity index (χ0v) is 23.7. The van der Waals surface area contributed by atoms with E-state index in [0.29, 0.717) is 6.54 Å². The third-order valence-corrected chi connectivity index (χ3v) is 7.08. The standard InChI is InChI=1S/C25H36N4O3S.C2H2O4/c1-25(2,3)32-24(30)26-12-16-33-21-17-29-15-9-18-7-5-6-8-20(18)22(23(29)27-21)31-19-10-13-28(4)14-11-19;3-1(4)2(5)6/h5-8,17,19,22H,9-16H2,1-4H3,(H,26,30);(H,3,4)(H,5,6). The van der Waals surface area contributed by atoms with Crippen molar-refractivity contribution < 1.29 is 34.1 Å². The predicted molar refractivity (Wildman–Crippen MR) is 146 cm³/mol. The lowest BCUT2D eigenvalue weighted by atomic mass is 10.00. The van der Waals surface area contributed by atoms with Gasteiger partial charge in [0.05, 0.1) is 6.10 Å². The molecule has 39 heavy (non-hydrogen) atoms. The molecule has 1 saturated heterocycles. The van der Waals surface area contributed by atoms with Crippen LogP contribution in [0.25, 0.3) is 0 Å². The number of aromatic nitrogens is 2. The molecule has 0 bridgehead atoms. The molecule has 1 atom stereocenters. The summed E-state index contributed by atoms with van der Waals surface area (Å²) >= 11 is 1.65.